The lowest BCUT2D eigenvalue weighted by molar-refractivity contribution is -0.115. The summed E-state index contributed by atoms with van der Waals surface area (Å²) in [7, 11) is 0. The quantitative estimate of drug-likeness (QED) is 0.856. The lowest BCUT2D eigenvalue weighted by atomic mass is 10.2. The van der Waals surface area contributed by atoms with Gasteiger partial charge in [-0.1, -0.05) is 0 Å². The molecule has 17 heavy (non-hydrogen) atoms. The molecule has 0 bridgehead atoms. The van der Waals surface area contributed by atoms with Gasteiger partial charge in [0.25, 0.3) is 0 Å². The standard InChI is InChI=1S/C11H9F2N3O/c12-7-3-8(13)5-10(4-7)15-11(17)6-9-1-2-14-16-9/h1-5H,6H2,(H,14,16)(H,15,17). The number of anilines is 1. The van der Waals surface area contributed by atoms with E-state index in [1.165, 1.54) is 6.20 Å². The maximum atomic E-state index is 12.8. The van der Waals surface area contributed by atoms with Crippen molar-refractivity contribution in [1.29, 1.82) is 0 Å². The molecule has 88 valence electrons. The van der Waals surface area contributed by atoms with E-state index < -0.39 is 11.6 Å². The van der Waals surface area contributed by atoms with Crippen LogP contribution in [0.25, 0.3) is 0 Å². The number of H-pyrrole nitrogens is 1. The first kappa shape index (κ1) is 11.3. The van der Waals surface area contributed by atoms with Crippen LogP contribution in [0.2, 0.25) is 0 Å². The second-order valence-electron chi connectivity index (χ2n) is 3.46. The number of rotatable bonds is 3. The summed E-state index contributed by atoms with van der Waals surface area (Å²) in [5.74, 6) is -1.84. The highest BCUT2D eigenvalue weighted by Gasteiger charge is 2.07. The zero-order chi connectivity index (χ0) is 12.3. The van der Waals surface area contributed by atoms with Crippen LogP contribution in [0, 0.1) is 11.6 Å². The molecule has 0 radical (unpaired) electrons. The maximum Gasteiger partial charge on any atom is 0.230 e. The summed E-state index contributed by atoms with van der Waals surface area (Å²) in [5, 5.41) is 8.70. The molecule has 0 saturated carbocycles. The van der Waals surface area contributed by atoms with Gasteiger partial charge in [0, 0.05) is 23.6 Å². The van der Waals surface area contributed by atoms with Gasteiger partial charge in [0.05, 0.1) is 6.42 Å². The van der Waals surface area contributed by atoms with Gasteiger partial charge in [-0.3, -0.25) is 9.89 Å². The van der Waals surface area contributed by atoms with Crippen molar-refractivity contribution in [1.82, 2.24) is 10.2 Å². The zero-order valence-electron chi connectivity index (χ0n) is 8.71. The van der Waals surface area contributed by atoms with Crippen molar-refractivity contribution in [3.63, 3.8) is 0 Å². The number of hydrogen-bond donors (Lipinski definition) is 2. The van der Waals surface area contributed by atoms with Crippen LogP contribution < -0.4 is 5.32 Å². The van der Waals surface area contributed by atoms with Crippen LogP contribution in [0.1, 0.15) is 5.69 Å². The molecule has 1 aromatic carbocycles. The fraction of sp³-hybridized carbons (Fsp3) is 0.0909. The molecule has 0 aliphatic carbocycles. The minimum absolute atomic E-state index is 0.0676. The third-order valence-corrected chi connectivity index (χ3v) is 2.06. The molecule has 2 aromatic rings. The van der Waals surface area contributed by atoms with Crippen LogP contribution in [-0.4, -0.2) is 16.1 Å². The summed E-state index contributed by atoms with van der Waals surface area (Å²) in [6, 6.07) is 4.48. The number of amides is 1. The Morgan fingerprint density at radius 1 is 1.29 bits per heavy atom. The van der Waals surface area contributed by atoms with E-state index in [9.17, 15) is 13.6 Å². The fourth-order valence-corrected chi connectivity index (χ4v) is 1.39. The van der Waals surface area contributed by atoms with Gasteiger partial charge in [0.2, 0.25) is 5.91 Å². The van der Waals surface area contributed by atoms with Gasteiger partial charge in [-0.2, -0.15) is 5.10 Å². The molecule has 2 rings (SSSR count). The Morgan fingerprint density at radius 2 is 2.00 bits per heavy atom. The average molecular weight is 237 g/mol. The van der Waals surface area contributed by atoms with E-state index in [1.54, 1.807) is 6.07 Å². The Hall–Kier alpha value is -2.24. The SMILES string of the molecule is O=C(Cc1ccn[nH]1)Nc1cc(F)cc(F)c1. The first-order chi connectivity index (χ1) is 8.13. The number of carbonyl (C=O) groups is 1. The highest BCUT2D eigenvalue weighted by atomic mass is 19.1. The Bertz CT molecular complexity index is 505. The molecule has 0 fully saturated rings. The molecule has 1 aromatic heterocycles. The molecule has 0 saturated heterocycles. The summed E-state index contributed by atoms with van der Waals surface area (Å²) in [6.07, 6.45) is 1.59. The van der Waals surface area contributed by atoms with E-state index in [0.717, 1.165) is 18.2 Å². The van der Waals surface area contributed by atoms with Gasteiger partial charge < -0.3 is 5.32 Å². The number of carbonyl (C=O) groups excluding carboxylic acids is 1. The lowest BCUT2D eigenvalue weighted by Crippen LogP contribution is -2.14. The maximum absolute atomic E-state index is 12.8. The highest BCUT2D eigenvalue weighted by molar-refractivity contribution is 5.91. The topological polar surface area (TPSA) is 57.8 Å². The Balaban J connectivity index is 2.03. The van der Waals surface area contributed by atoms with Gasteiger partial charge in [0.15, 0.2) is 0 Å². The minimum atomic E-state index is -0.734. The number of aromatic amines is 1. The van der Waals surface area contributed by atoms with Gasteiger partial charge in [-0.05, 0) is 18.2 Å². The van der Waals surface area contributed by atoms with E-state index in [1.807, 2.05) is 0 Å². The van der Waals surface area contributed by atoms with E-state index in [-0.39, 0.29) is 18.0 Å². The summed E-state index contributed by atoms with van der Waals surface area (Å²) in [6.45, 7) is 0. The fourth-order valence-electron chi connectivity index (χ4n) is 1.39. The van der Waals surface area contributed by atoms with Gasteiger partial charge in [-0.25, -0.2) is 8.78 Å². The van der Waals surface area contributed by atoms with Gasteiger partial charge in [0.1, 0.15) is 11.6 Å². The number of nitrogens with zero attached hydrogens (tertiary/aromatic N) is 1. The summed E-state index contributed by atoms with van der Waals surface area (Å²) in [5.41, 5.74) is 0.714. The first-order valence-electron chi connectivity index (χ1n) is 4.88. The second-order valence-corrected chi connectivity index (χ2v) is 3.46. The van der Waals surface area contributed by atoms with E-state index in [4.69, 9.17) is 0 Å². The van der Waals surface area contributed by atoms with Crippen molar-refractivity contribution >= 4 is 11.6 Å². The average Bonchev–Trinajstić information content (AvgIpc) is 2.67. The summed E-state index contributed by atoms with van der Waals surface area (Å²) in [4.78, 5) is 11.5. The molecular weight excluding hydrogens is 228 g/mol. The van der Waals surface area contributed by atoms with Crippen molar-refractivity contribution in [2.45, 2.75) is 6.42 Å². The zero-order valence-corrected chi connectivity index (χ0v) is 8.71. The number of halogens is 2. The van der Waals surface area contributed by atoms with Crippen molar-refractivity contribution < 1.29 is 13.6 Å². The molecule has 0 aliphatic rings. The lowest BCUT2D eigenvalue weighted by Gasteiger charge is -2.04. The third-order valence-electron chi connectivity index (χ3n) is 2.06. The van der Waals surface area contributed by atoms with Crippen LogP contribution in [0.15, 0.2) is 30.5 Å². The molecule has 1 heterocycles. The largest absolute Gasteiger partial charge is 0.326 e. The molecule has 0 atom stereocenters. The summed E-state index contributed by atoms with van der Waals surface area (Å²) >= 11 is 0. The van der Waals surface area contributed by atoms with E-state index in [0.29, 0.717) is 5.69 Å². The number of benzene rings is 1. The van der Waals surface area contributed by atoms with E-state index >= 15 is 0 Å². The predicted molar refractivity (Wildman–Crippen MR) is 57.3 cm³/mol. The Kier molecular flexibility index (Phi) is 3.13. The summed E-state index contributed by atoms with van der Waals surface area (Å²) < 4.78 is 25.7. The molecule has 0 unspecified atom stereocenters. The second kappa shape index (κ2) is 4.73. The molecule has 2 N–H and O–H groups in total. The molecule has 4 nitrogen and oxygen atoms in total. The number of nitrogens with one attached hydrogen (secondary N) is 2. The van der Waals surface area contributed by atoms with Crippen molar-refractivity contribution in [2.24, 2.45) is 0 Å². The molecule has 0 spiro atoms. The normalized spacial score (nSPS) is 10.2. The van der Waals surface area contributed by atoms with Gasteiger partial charge >= 0.3 is 0 Å². The number of hydrogen-bond acceptors (Lipinski definition) is 2. The minimum Gasteiger partial charge on any atom is -0.326 e. The Morgan fingerprint density at radius 3 is 2.59 bits per heavy atom. The molecule has 1 amide bonds. The van der Waals surface area contributed by atoms with Crippen molar-refractivity contribution in [2.75, 3.05) is 5.32 Å². The van der Waals surface area contributed by atoms with Gasteiger partial charge in [-0.15, -0.1) is 0 Å². The van der Waals surface area contributed by atoms with Crippen LogP contribution in [-0.2, 0) is 11.2 Å². The Labute approximate surface area is 95.7 Å². The first-order valence-corrected chi connectivity index (χ1v) is 4.88. The number of aromatic nitrogens is 2. The van der Waals surface area contributed by atoms with Crippen LogP contribution >= 0.6 is 0 Å². The highest BCUT2D eigenvalue weighted by Crippen LogP contribution is 2.13. The van der Waals surface area contributed by atoms with Crippen LogP contribution in [0.3, 0.4) is 0 Å². The third kappa shape index (κ3) is 3.10. The van der Waals surface area contributed by atoms with E-state index in [2.05, 4.69) is 15.5 Å². The molecule has 6 heteroatoms. The van der Waals surface area contributed by atoms with Crippen molar-refractivity contribution in [3.05, 3.63) is 47.8 Å². The molecule has 0 aliphatic heterocycles. The smallest absolute Gasteiger partial charge is 0.230 e. The predicted octanol–water partition coefficient (Wildman–Crippen LogP) is 1.87. The van der Waals surface area contributed by atoms with Crippen LogP contribution in [0.5, 0.6) is 0 Å². The van der Waals surface area contributed by atoms with Crippen molar-refractivity contribution in [3.8, 4) is 0 Å². The molecular formula is C11H9F2N3O. The monoisotopic (exact) mass is 237 g/mol. The van der Waals surface area contributed by atoms with Crippen LogP contribution in [0.4, 0.5) is 14.5 Å².